The molecule has 0 fully saturated rings. The maximum atomic E-state index is 11.3. The van der Waals surface area contributed by atoms with Crippen molar-refractivity contribution in [1.29, 1.82) is 0 Å². The van der Waals surface area contributed by atoms with Gasteiger partial charge in [0, 0.05) is 16.7 Å². The zero-order valence-electron chi connectivity index (χ0n) is 14.6. The van der Waals surface area contributed by atoms with E-state index in [0.29, 0.717) is 34.7 Å². The van der Waals surface area contributed by atoms with Gasteiger partial charge in [-0.3, -0.25) is 0 Å². The highest BCUT2D eigenvalue weighted by Crippen LogP contribution is 2.32. The van der Waals surface area contributed by atoms with E-state index in [1.165, 1.54) is 5.56 Å². The first-order valence-electron chi connectivity index (χ1n) is 8.68. The molecule has 1 aliphatic rings. The van der Waals surface area contributed by atoms with E-state index in [9.17, 15) is 9.90 Å². The second kappa shape index (κ2) is 7.75. The Labute approximate surface area is 158 Å². The highest BCUT2D eigenvalue weighted by molar-refractivity contribution is 6.33. The molecule has 0 saturated heterocycles. The van der Waals surface area contributed by atoms with Gasteiger partial charge in [0.05, 0.1) is 10.7 Å². The molecule has 0 heterocycles. The lowest BCUT2D eigenvalue weighted by molar-refractivity contribution is -0.132. The van der Waals surface area contributed by atoms with Crippen molar-refractivity contribution in [2.75, 3.05) is 0 Å². The number of amidine groups is 1. The van der Waals surface area contributed by atoms with Crippen LogP contribution in [0.2, 0.25) is 5.02 Å². The summed E-state index contributed by atoms with van der Waals surface area (Å²) in [6.45, 7) is 2.12. The molecule has 3 rings (SSSR count). The van der Waals surface area contributed by atoms with E-state index in [2.05, 4.69) is 36.2 Å². The smallest absolute Gasteiger partial charge is 0.331 e. The average molecular weight is 369 g/mol. The van der Waals surface area contributed by atoms with Gasteiger partial charge in [-0.2, -0.15) is 0 Å². The maximum absolute atomic E-state index is 11.3. The molecule has 3 N–H and O–H groups in total. The molecule has 0 amide bonds. The van der Waals surface area contributed by atoms with Crippen LogP contribution in [-0.2, 0) is 11.2 Å². The van der Waals surface area contributed by atoms with Gasteiger partial charge in [-0.25, -0.2) is 9.79 Å². The van der Waals surface area contributed by atoms with E-state index in [1.807, 2.05) is 12.1 Å². The fraction of sp³-hybridized carbons (Fsp3) is 0.238. The Bertz CT molecular complexity index is 899. The number of aryl methyl sites for hydroxylation is 1. The zero-order chi connectivity index (χ0) is 18.7. The van der Waals surface area contributed by atoms with Crippen LogP contribution in [0.1, 0.15) is 31.7 Å². The van der Waals surface area contributed by atoms with Crippen molar-refractivity contribution in [2.45, 2.75) is 32.6 Å². The third kappa shape index (κ3) is 3.81. The van der Waals surface area contributed by atoms with Crippen molar-refractivity contribution in [1.82, 2.24) is 0 Å². The van der Waals surface area contributed by atoms with Gasteiger partial charge >= 0.3 is 5.97 Å². The van der Waals surface area contributed by atoms with Crippen LogP contribution < -0.4 is 5.73 Å². The van der Waals surface area contributed by atoms with Gasteiger partial charge in [0.15, 0.2) is 0 Å². The van der Waals surface area contributed by atoms with Gasteiger partial charge in [0.2, 0.25) is 0 Å². The van der Waals surface area contributed by atoms with E-state index in [4.69, 9.17) is 17.3 Å². The Morgan fingerprint density at radius 1 is 1.15 bits per heavy atom. The second-order valence-electron chi connectivity index (χ2n) is 6.33. The zero-order valence-corrected chi connectivity index (χ0v) is 15.4. The monoisotopic (exact) mass is 368 g/mol. The molecule has 0 spiro atoms. The minimum atomic E-state index is -0.917. The van der Waals surface area contributed by atoms with Crippen LogP contribution in [0.15, 0.2) is 58.6 Å². The molecule has 0 aromatic heterocycles. The van der Waals surface area contributed by atoms with E-state index in [0.717, 1.165) is 24.0 Å². The van der Waals surface area contributed by atoms with Crippen LogP contribution in [-0.4, -0.2) is 16.9 Å². The lowest BCUT2D eigenvalue weighted by Gasteiger charge is -2.08. The number of hydrogen-bond donors (Lipinski definition) is 2. The molecule has 4 nitrogen and oxygen atoms in total. The van der Waals surface area contributed by atoms with Crippen molar-refractivity contribution in [3.8, 4) is 11.1 Å². The molecule has 0 unspecified atom stereocenters. The molecule has 26 heavy (non-hydrogen) atoms. The first kappa shape index (κ1) is 18.2. The van der Waals surface area contributed by atoms with Gasteiger partial charge < -0.3 is 10.8 Å². The summed E-state index contributed by atoms with van der Waals surface area (Å²) in [5.74, 6) is -0.657. The molecule has 0 atom stereocenters. The average Bonchev–Trinajstić information content (AvgIpc) is 3.12. The van der Waals surface area contributed by atoms with Gasteiger partial charge in [0.25, 0.3) is 0 Å². The van der Waals surface area contributed by atoms with E-state index in [1.54, 1.807) is 6.07 Å². The topological polar surface area (TPSA) is 75.7 Å². The number of carboxylic acid groups (broad SMARTS) is 1. The Balaban J connectivity index is 1.89. The number of halogens is 1. The molecular formula is C21H21ClN2O2. The number of carboxylic acids is 1. The lowest BCUT2D eigenvalue weighted by atomic mass is 10.0. The number of aliphatic imine (C=N–C) groups is 1. The largest absolute Gasteiger partial charge is 0.478 e. The molecule has 5 heteroatoms. The number of nitrogens with zero attached hydrogens (tertiary/aromatic N) is 1. The Morgan fingerprint density at radius 2 is 1.85 bits per heavy atom. The highest BCUT2D eigenvalue weighted by Gasteiger charge is 2.22. The van der Waals surface area contributed by atoms with Crippen molar-refractivity contribution < 1.29 is 9.90 Å². The molecule has 2 aromatic rings. The first-order valence-corrected chi connectivity index (χ1v) is 9.06. The summed E-state index contributed by atoms with van der Waals surface area (Å²) < 4.78 is 0. The summed E-state index contributed by atoms with van der Waals surface area (Å²) in [6, 6.07) is 13.8. The molecule has 1 aliphatic carbocycles. The number of carbonyl (C=O) groups is 1. The van der Waals surface area contributed by atoms with Crippen LogP contribution in [0, 0.1) is 0 Å². The maximum Gasteiger partial charge on any atom is 0.331 e. The van der Waals surface area contributed by atoms with Crippen molar-refractivity contribution in [3.63, 3.8) is 0 Å². The van der Waals surface area contributed by atoms with E-state index in [-0.39, 0.29) is 5.84 Å². The van der Waals surface area contributed by atoms with Crippen LogP contribution in [0.4, 0.5) is 5.69 Å². The lowest BCUT2D eigenvalue weighted by Crippen LogP contribution is -2.16. The first-order chi connectivity index (χ1) is 12.5. The van der Waals surface area contributed by atoms with Crippen LogP contribution >= 0.6 is 11.6 Å². The molecule has 0 aliphatic heterocycles. The van der Waals surface area contributed by atoms with Crippen LogP contribution in [0.25, 0.3) is 11.1 Å². The van der Waals surface area contributed by atoms with Crippen molar-refractivity contribution in [2.24, 2.45) is 10.7 Å². The molecule has 134 valence electrons. The fourth-order valence-corrected chi connectivity index (χ4v) is 3.48. The summed E-state index contributed by atoms with van der Waals surface area (Å²) in [7, 11) is 0. The van der Waals surface area contributed by atoms with Crippen molar-refractivity contribution >= 4 is 29.1 Å². The summed E-state index contributed by atoms with van der Waals surface area (Å²) in [5.41, 5.74) is 10.9. The number of aliphatic carboxylic acids is 1. The number of hydrogen-bond acceptors (Lipinski definition) is 2. The fourth-order valence-electron chi connectivity index (χ4n) is 3.20. The summed E-state index contributed by atoms with van der Waals surface area (Å²) in [6.07, 6.45) is 2.97. The normalized spacial score (nSPS) is 14.8. The minimum Gasteiger partial charge on any atom is -0.478 e. The molecule has 0 bridgehead atoms. The molecule has 0 radical (unpaired) electrons. The van der Waals surface area contributed by atoms with Crippen LogP contribution in [0.3, 0.4) is 0 Å². The summed E-state index contributed by atoms with van der Waals surface area (Å²) in [4.78, 5) is 15.7. The third-order valence-corrected chi connectivity index (χ3v) is 4.97. The minimum absolute atomic E-state index is 0.260. The van der Waals surface area contributed by atoms with E-state index < -0.39 is 5.97 Å². The number of benzene rings is 2. The SMILES string of the molecule is CCc1ccc(-c2ccc(N=C(N)C3=C(C(=O)O)CCC3)cc2Cl)cc1. The Hall–Kier alpha value is -2.59. The predicted molar refractivity (Wildman–Crippen MR) is 106 cm³/mol. The quantitative estimate of drug-likeness (QED) is 0.567. The predicted octanol–water partition coefficient (Wildman–Crippen LogP) is 5.12. The number of nitrogens with two attached hydrogens (primary N) is 1. The van der Waals surface area contributed by atoms with Gasteiger partial charge in [-0.15, -0.1) is 0 Å². The van der Waals surface area contributed by atoms with Crippen molar-refractivity contribution in [3.05, 3.63) is 64.2 Å². The van der Waals surface area contributed by atoms with Gasteiger partial charge in [-0.1, -0.05) is 48.9 Å². The number of rotatable bonds is 5. The molecular weight excluding hydrogens is 348 g/mol. The Kier molecular flexibility index (Phi) is 5.43. The van der Waals surface area contributed by atoms with Crippen LogP contribution in [0.5, 0.6) is 0 Å². The van der Waals surface area contributed by atoms with Gasteiger partial charge in [0.1, 0.15) is 5.84 Å². The summed E-state index contributed by atoms with van der Waals surface area (Å²) in [5, 5.41) is 9.84. The summed E-state index contributed by atoms with van der Waals surface area (Å²) >= 11 is 6.44. The second-order valence-corrected chi connectivity index (χ2v) is 6.73. The van der Waals surface area contributed by atoms with Gasteiger partial charge in [-0.05, 0) is 48.9 Å². The molecule has 2 aromatic carbocycles. The Morgan fingerprint density at radius 3 is 2.46 bits per heavy atom. The molecule has 0 saturated carbocycles. The third-order valence-electron chi connectivity index (χ3n) is 4.66. The standard InChI is InChI=1S/C21H21ClN2O2/c1-2-13-6-8-14(9-7-13)16-11-10-15(12-19(16)22)24-20(23)17-4-3-5-18(17)21(25)26/h6-12H,2-5H2,1H3,(H2,23,24)(H,25,26). The highest BCUT2D eigenvalue weighted by atomic mass is 35.5. The van der Waals surface area contributed by atoms with E-state index >= 15 is 0 Å².